The topological polar surface area (TPSA) is 151 Å². The van der Waals surface area contributed by atoms with Crippen molar-refractivity contribution < 1.29 is 27.9 Å². The van der Waals surface area contributed by atoms with Crippen molar-refractivity contribution in [3.8, 4) is 0 Å². The van der Waals surface area contributed by atoms with Crippen LogP contribution < -0.4 is 15.8 Å². The molecule has 2 amide bonds. The molecule has 2 atom stereocenters. The predicted molar refractivity (Wildman–Crippen MR) is 162 cm³/mol. The Morgan fingerprint density at radius 3 is 2.34 bits per heavy atom. The Labute approximate surface area is 252 Å². The van der Waals surface area contributed by atoms with Crippen LogP contribution in [0.15, 0.2) is 60.2 Å². The summed E-state index contributed by atoms with van der Waals surface area (Å²) >= 11 is 6.02. The van der Waals surface area contributed by atoms with Crippen LogP contribution in [0.4, 0.5) is 0 Å². The fourth-order valence-corrected chi connectivity index (χ4v) is 6.40. The molecule has 0 radical (unpaired) electrons. The Morgan fingerprint density at radius 2 is 1.78 bits per heavy atom. The van der Waals surface area contributed by atoms with E-state index in [1.165, 1.54) is 11.8 Å². The molecule has 0 bridgehead atoms. The summed E-state index contributed by atoms with van der Waals surface area (Å²) in [6.45, 7) is 6.16. The number of nitrogens with one attached hydrogen (secondary N) is 2. The highest BCUT2D eigenvalue weighted by molar-refractivity contribution is 7.99. The second-order valence-corrected chi connectivity index (χ2v) is 12.6. The van der Waals surface area contributed by atoms with E-state index >= 15 is 0 Å². The second-order valence-electron chi connectivity index (χ2n) is 10.5. The lowest BCUT2D eigenvalue weighted by molar-refractivity contribution is -0.139. The van der Waals surface area contributed by atoms with Crippen LogP contribution in [0.25, 0.3) is 4.91 Å². The van der Waals surface area contributed by atoms with Crippen molar-refractivity contribution in [3.05, 3.63) is 76.3 Å². The monoisotopic (exact) mass is 628 g/mol. The molecule has 0 aliphatic carbocycles. The summed E-state index contributed by atoms with van der Waals surface area (Å²) < 4.78 is 34.9. The SMILES string of the molecule is CCN(CC1=C(c2ccc(Cl)cc2)S(=O)(=O)NC1(C)C)C(=O)[C@@H](COCc1ccccc1)NC(=O)[C@@](C)(N)CO.Cl. The fourth-order valence-electron chi connectivity index (χ4n) is 4.29. The standard InChI is InChI=1S/C28H37ClN4O6S.ClH/c1-5-33(15-22-24(20-11-13-21(29)14-12-20)40(37,38)32-27(22,2)3)25(35)23(31-26(36)28(4,30)18-34)17-39-16-19-9-7-6-8-10-19;/h6-14,23,32,34H,5,15-18,30H2,1-4H3,(H,31,36);1H/t23-,28+;/m1./s1. The molecule has 1 heterocycles. The van der Waals surface area contributed by atoms with E-state index in [1.807, 2.05) is 30.3 Å². The van der Waals surface area contributed by atoms with Crippen LogP contribution in [0.3, 0.4) is 0 Å². The summed E-state index contributed by atoms with van der Waals surface area (Å²) in [4.78, 5) is 28.2. The summed E-state index contributed by atoms with van der Waals surface area (Å²) in [5.74, 6) is -1.21. The molecule has 0 unspecified atom stereocenters. The summed E-state index contributed by atoms with van der Waals surface area (Å²) in [7, 11) is -3.89. The maximum absolute atomic E-state index is 13.8. The van der Waals surface area contributed by atoms with E-state index in [-0.39, 0.29) is 43.6 Å². The van der Waals surface area contributed by atoms with E-state index < -0.39 is 45.6 Å². The lowest BCUT2D eigenvalue weighted by atomic mass is 9.92. The zero-order valence-corrected chi connectivity index (χ0v) is 25.9. The molecule has 1 aliphatic rings. The van der Waals surface area contributed by atoms with Crippen LogP contribution in [0, 0.1) is 0 Å². The Balaban J connectivity index is 0.00000588. The van der Waals surface area contributed by atoms with Gasteiger partial charge in [0.2, 0.25) is 21.8 Å². The van der Waals surface area contributed by atoms with Crippen molar-refractivity contribution in [2.24, 2.45) is 5.73 Å². The minimum atomic E-state index is -3.89. The van der Waals surface area contributed by atoms with Crippen LogP contribution in [0.5, 0.6) is 0 Å². The number of rotatable bonds is 12. The van der Waals surface area contributed by atoms with E-state index in [4.69, 9.17) is 22.1 Å². The molecule has 10 nitrogen and oxygen atoms in total. The molecule has 226 valence electrons. The number of benzene rings is 2. The van der Waals surface area contributed by atoms with Gasteiger partial charge in [-0.3, -0.25) is 9.59 Å². The zero-order chi connectivity index (χ0) is 29.7. The highest BCUT2D eigenvalue weighted by atomic mass is 35.5. The molecule has 0 saturated heterocycles. The molecule has 3 rings (SSSR count). The van der Waals surface area contributed by atoms with Gasteiger partial charge in [0.15, 0.2) is 0 Å². The molecule has 5 N–H and O–H groups in total. The van der Waals surface area contributed by atoms with Gasteiger partial charge in [-0.2, -0.15) is 0 Å². The van der Waals surface area contributed by atoms with Gasteiger partial charge < -0.3 is 25.8 Å². The number of carbonyl (C=O) groups excluding carboxylic acids is 2. The van der Waals surface area contributed by atoms with Gasteiger partial charge in [0.05, 0.1) is 30.3 Å². The second kappa shape index (κ2) is 14.1. The summed E-state index contributed by atoms with van der Waals surface area (Å²) in [5.41, 5.74) is 5.11. The smallest absolute Gasteiger partial charge is 0.247 e. The van der Waals surface area contributed by atoms with Crippen molar-refractivity contribution in [1.82, 2.24) is 14.9 Å². The highest BCUT2D eigenvalue weighted by Gasteiger charge is 2.44. The van der Waals surface area contributed by atoms with Crippen molar-refractivity contribution in [2.45, 2.75) is 51.4 Å². The number of hydrogen-bond acceptors (Lipinski definition) is 7. The number of hydrogen-bond donors (Lipinski definition) is 4. The first-order valence-electron chi connectivity index (χ1n) is 12.9. The average Bonchev–Trinajstić information content (AvgIpc) is 3.09. The number of halogens is 2. The first-order valence-corrected chi connectivity index (χ1v) is 14.7. The van der Waals surface area contributed by atoms with Crippen molar-refractivity contribution >= 4 is 50.8 Å². The van der Waals surface area contributed by atoms with Gasteiger partial charge in [-0.15, -0.1) is 12.4 Å². The molecule has 2 aromatic carbocycles. The third kappa shape index (κ3) is 8.51. The molecule has 0 saturated carbocycles. The molecule has 41 heavy (non-hydrogen) atoms. The minimum absolute atomic E-state index is 0. The number of aliphatic hydroxyl groups excluding tert-OH is 1. The number of nitrogens with two attached hydrogens (primary N) is 1. The molecule has 0 fully saturated rings. The Morgan fingerprint density at radius 1 is 1.17 bits per heavy atom. The van der Waals surface area contributed by atoms with Crippen LogP contribution in [-0.2, 0) is 31.0 Å². The van der Waals surface area contributed by atoms with Gasteiger partial charge in [0.1, 0.15) is 11.6 Å². The van der Waals surface area contributed by atoms with E-state index in [9.17, 15) is 23.1 Å². The lowest BCUT2D eigenvalue weighted by Gasteiger charge is -2.32. The van der Waals surface area contributed by atoms with Crippen LogP contribution in [0.2, 0.25) is 5.02 Å². The van der Waals surface area contributed by atoms with Gasteiger partial charge in [-0.25, -0.2) is 13.1 Å². The van der Waals surface area contributed by atoms with E-state index in [2.05, 4.69) is 10.0 Å². The first kappa shape index (κ1) is 34.7. The van der Waals surface area contributed by atoms with Crippen molar-refractivity contribution in [1.29, 1.82) is 0 Å². The Kier molecular flexibility index (Phi) is 11.9. The van der Waals surface area contributed by atoms with Crippen LogP contribution >= 0.6 is 24.0 Å². The van der Waals surface area contributed by atoms with Gasteiger partial charge >= 0.3 is 0 Å². The van der Waals surface area contributed by atoms with Crippen LogP contribution in [0.1, 0.15) is 38.8 Å². The number of carbonyl (C=O) groups is 2. The zero-order valence-electron chi connectivity index (χ0n) is 23.5. The van der Waals surface area contributed by atoms with E-state index in [0.29, 0.717) is 16.2 Å². The van der Waals surface area contributed by atoms with Gasteiger partial charge in [-0.1, -0.05) is 54.1 Å². The number of sulfonamides is 1. The summed E-state index contributed by atoms with van der Waals surface area (Å²) in [6, 6.07) is 14.6. The number of nitrogens with zero attached hydrogens (tertiary/aromatic N) is 1. The van der Waals surface area contributed by atoms with Gasteiger partial charge in [0, 0.05) is 18.1 Å². The molecule has 0 spiro atoms. The van der Waals surface area contributed by atoms with Gasteiger partial charge in [-0.05, 0) is 56.5 Å². The normalized spacial score (nSPS) is 17.7. The lowest BCUT2D eigenvalue weighted by Crippen LogP contribution is -2.60. The summed E-state index contributed by atoms with van der Waals surface area (Å²) in [6.07, 6.45) is 0. The predicted octanol–water partition coefficient (Wildman–Crippen LogP) is 2.44. The molecular formula is C28H38Cl2N4O6S. The number of aliphatic hydroxyl groups is 1. The molecule has 2 aromatic rings. The number of amides is 2. The molecule has 13 heteroatoms. The maximum Gasteiger partial charge on any atom is 0.247 e. The highest BCUT2D eigenvalue weighted by Crippen LogP contribution is 2.38. The van der Waals surface area contributed by atoms with Crippen LogP contribution in [-0.4, -0.2) is 73.7 Å². The van der Waals surface area contributed by atoms with Crippen molar-refractivity contribution in [3.63, 3.8) is 0 Å². The minimum Gasteiger partial charge on any atom is -0.394 e. The molecular weight excluding hydrogens is 591 g/mol. The quantitative estimate of drug-likeness (QED) is 0.282. The van der Waals surface area contributed by atoms with E-state index in [1.54, 1.807) is 45.0 Å². The fraction of sp³-hybridized carbons (Fsp3) is 0.429. The maximum atomic E-state index is 13.8. The Hall–Kier alpha value is -2.51. The molecule has 0 aromatic heterocycles. The number of likely N-dealkylation sites (N-methyl/N-ethyl adjacent to an activating group) is 1. The average molecular weight is 630 g/mol. The van der Waals surface area contributed by atoms with E-state index in [0.717, 1.165) is 5.56 Å². The van der Waals surface area contributed by atoms with Crippen molar-refractivity contribution in [2.75, 3.05) is 26.3 Å². The largest absolute Gasteiger partial charge is 0.394 e. The third-order valence-electron chi connectivity index (χ3n) is 6.68. The third-order valence-corrected chi connectivity index (χ3v) is 8.73. The Bertz CT molecular complexity index is 1350. The first-order chi connectivity index (χ1) is 18.7. The van der Waals surface area contributed by atoms with Gasteiger partial charge in [0.25, 0.3) is 0 Å². The number of ether oxygens (including phenoxy) is 1. The molecule has 1 aliphatic heterocycles. The summed E-state index contributed by atoms with van der Waals surface area (Å²) in [5, 5.41) is 12.6.